The predicted molar refractivity (Wildman–Crippen MR) is 62.2 cm³/mol. The third-order valence-electron chi connectivity index (χ3n) is 2.26. The molecule has 0 unspecified atom stereocenters. The van der Waals surface area contributed by atoms with Gasteiger partial charge in [-0.3, -0.25) is 0 Å². The van der Waals surface area contributed by atoms with Crippen LogP contribution in [0, 0.1) is 0 Å². The molecule has 0 saturated heterocycles. The lowest BCUT2D eigenvalue weighted by Gasteiger charge is -2.10. The summed E-state index contributed by atoms with van der Waals surface area (Å²) in [7, 11) is 0. The molecular formula is C13H12O4. The van der Waals surface area contributed by atoms with Crippen molar-refractivity contribution in [3.05, 3.63) is 48.0 Å². The molecule has 17 heavy (non-hydrogen) atoms. The number of aromatic hydroxyl groups is 3. The van der Waals surface area contributed by atoms with Crippen molar-refractivity contribution in [3.8, 4) is 23.0 Å². The highest BCUT2D eigenvalue weighted by atomic mass is 16.5. The smallest absolute Gasteiger partial charge is 0.203 e. The molecule has 2 aromatic carbocycles. The molecule has 0 bridgehead atoms. The first-order chi connectivity index (χ1) is 8.16. The molecule has 0 spiro atoms. The molecule has 2 rings (SSSR count). The minimum Gasteiger partial charge on any atom is -0.508 e. The fraction of sp³-hybridized carbons (Fsp3) is 0.0769. The van der Waals surface area contributed by atoms with Crippen LogP contribution in [0.25, 0.3) is 0 Å². The van der Waals surface area contributed by atoms with Gasteiger partial charge in [0.25, 0.3) is 0 Å². The average molecular weight is 232 g/mol. The fourth-order valence-corrected chi connectivity index (χ4v) is 1.46. The maximum Gasteiger partial charge on any atom is 0.203 e. The summed E-state index contributed by atoms with van der Waals surface area (Å²) in [6.07, 6.45) is 0. The summed E-state index contributed by atoms with van der Waals surface area (Å²) in [4.78, 5) is 0. The van der Waals surface area contributed by atoms with E-state index in [0.29, 0.717) is 0 Å². The van der Waals surface area contributed by atoms with Crippen molar-refractivity contribution < 1.29 is 20.1 Å². The molecule has 0 heterocycles. The quantitative estimate of drug-likeness (QED) is 0.759. The van der Waals surface area contributed by atoms with E-state index in [9.17, 15) is 10.2 Å². The number of ether oxygens (including phenoxy) is 1. The van der Waals surface area contributed by atoms with Crippen LogP contribution in [0.1, 0.15) is 5.56 Å². The second kappa shape index (κ2) is 4.65. The first-order valence-electron chi connectivity index (χ1n) is 5.08. The fourth-order valence-electron chi connectivity index (χ4n) is 1.46. The Labute approximate surface area is 98.3 Å². The highest BCUT2D eigenvalue weighted by Crippen LogP contribution is 2.39. The Kier molecular flexibility index (Phi) is 3.05. The maximum absolute atomic E-state index is 9.51. The molecule has 0 amide bonds. The summed E-state index contributed by atoms with van der Waals surface area (Å²) in [6, 6.07) is 11.6. The molecule has 0 aliphatic heterocycles. The number of hydrogen-bond acceptors (Lipinski definition) is 4. The lowest BCUT2D eigenvalue weighted by Crippen LogP contribution is -1.95. The first-order valence-corrected chi connectivity index (χ1v) is 5.08. The number of hydrogen-bond donors (Lipinski definition) is 3. The third kappa shape index (κ3) is 2.60. The van der Waals surface area contributed by atoms with E-state index in [2.05, 4.69) is 0 Å². The van der Waals surface area contributed by atoms with Crippen LogP contribution in [-0.4, -0.2) is 15.3 Å². The number of phenolic OH excluding ortho intramolecular Hbond substituents is 3. The van der Waals surface area contributed by atoms with Gasteiger partial charge in [0.05, 0.1) is 0 Å². The van der Waals surface area contributed by atoms with Crippen LogP contribution in [0.3, 0.4) is 0 Å². The lowest BCUT2D eigenvalue weighted by atomic mass is 10.2. The molecule has 0 saturated carbocycles. The van der Waals surface area contributed by atoms with E-state index in [1.165, 1.54) is 0 Å². The molecule has 0 fully saturated rings. The average Bonchev–Trinajstić information content (AvgIpc) is 2.29. The largest absolute Gasteiger partial charge is 0.508 e. The Morgan fingerprint density at radius 3 is 2.06 bits per heavy atom. The Hall–Kier alpha value is -2.36. The van der Waals surface area contributed by atoms with Crippen molar-refractivity contribution in [1.29, 1.82) is 0 Å². The Balaban J connectivity index is 2.15. The topological polar surface area (TPSA) is 69.9 Å². The predicted octanol–water partition coefficient (Wildman–Crippen LogP) is 2.38. The number of rotatable bonds is 3. The zero-order chi connectivity index (χ0) is 12.3. The second-order valence-corrected chi connectivity index (χ2v) is 3.59. The minimum absolute atomic E-state index is 0.0355. The monoisotopic (exact) mass is 232 g/mol. The molecule has 4 heteroatoms. The van der Waals surface area contributed by atoms with Crippen molar-refractivity contribution in [2.24, 2.45) is 0 Å². The van der Waals surface area contributed by atoms with Crippen LogP contribution in [0.15, 0.2) is 42.5 Å². The molecule has 3 N–H and O–H groups in total. The second-order valence-electron chi connectivity index (χ2n) is 3.59. The van der Waals surface area contributed by atoms with E-state index >= 15 is 0 Å². The molecule has 0 radical (unpaired) electrons. The molecule has 88 valence electrons. The van der Waals surface area contributed by atoms with Crippen LogP contribution in [0.5, 0.6) is 23.0 Å². The molecular weight excluding hydrogens is 220 g/mol. The van der Waals surface area contributed by atoms with Gasteiger partial charge in [0.1, 0.15) is 12.4 Å². The Morgan fingerprint density at radius 1 is 0.882 bits per heavy atom. The van der Waals surface area contributed by atoms with Gasteiger partial charge in [-0.15, -0.1) is 0 Å². The number of benzene rings is 2. The summed E-state index contributed by atoms with van der Waals surface area (Å²) in [6.45, 7) is 0.229. The number of phenols is 3. The van der Waals surface area contributed by atoms with Gasteiger partial charge in [-0.2, -0.15) is 0 Å². The molecule has 0 aliphatic carbocycles. The van der Waals surface area contributed by atoms with Crippen molar-refractivity contribution in [3.63, 3.8) is 0 Å². The van der Waals surface area contributed by atoms with Crippen molar-refractivity contribution in [2.75, 3.05) is 0 Å². The Bertz CT molecular complexity index is 485. The van der Waals surface area contributed by atoms with Crippen LogP contribution in [0.2, 0.25) is 0 Å². The van der Waals surface area contributed by atoms with Crippen LogP contribution >= 0.6 is 0 Å². The summed E-state index contributed by atoms with van der Waals surface area (Å²) in [5, 5.41) is 28.1. The first kappa shape index (κ1) is 11.1. The van der Waals surface area contributed by atoms with Crippen molar-refractivity contribution in [1.82, 2.24) is 0 Å². The van der Waals surface area contributed by atoms with E-state index in [-0.39, 0.29) is 29.6 Å². The molecule has 0 aromatic heterocycles. The minimum atomic E-state index is -0.293. The summed E-state index contributed by atoms with van der Waals surface area (Å²) < 4.78 is 5.30. The van der Waals surface area contributed by atoms with E-state index in [1.807, 2.05) is 30.3 Å². The van der Waals surface area contributed by atoms with Gasteiger partial charge < -0.3 is 20.1 Å². The summed E-state index contributed by atoms with van der Waals surface area (Å²) in [5.41, 5.74) is 0.916. The maximum atomic E-state index is 9.51. The normalized spacial score (nSPS) is 10.1. The standard InChI is InChI=1S/C13H12O4/c14-10-6-11(15)13(12(16)7-10)17-8-9-4-2-1-3-5-9/h1-7,14-16H,8H2. The Morgan fingerprint density at radius 2 is 1.47 bits per heavy atom. The molecule has 2 aromatic rings. The SMILES string of the molecule is Oc1cc(O)c(OCc2ccccc2)c(O)c1. The van der Waals surface area contributed by atoms with E-state index in [0.717, 1.165) is 17.7 Å². The van der Waals surface area contributed by atoms with Gasteiger partial charge in [0.15, 0.2) is 11.5 Å². The van der Waals surface area contributed by atoms with Crippen LogP contribution in [0.4, 0.5) is 0 Å². The van der Waals surface area contributed by atoms with Crippen molar-refractivity contribution in [2.45, 2.75) is 6.61 Å². The third-order valence-corrected chi connectivity index (χ3v) is 2.26. The summed E-state index contributed by atoms with van der Waals surface area (Å²) >= 11 is 0. The van der Waals surface area contributed by atoms with Crippen LogP contribution in [-0.2, 0) is 6.61 Å². The van der Waals surface area contributed by atoms with E-state index < -0.39 is 0 Å². The highest BCUT2D eigenvalue weighted by Gasteiger charge is 2.10. The van der Waals surface area contributed by atoms with Gasteiger partial charge in [0.2, 0.25) is 5.75 Å². The van der Waals surface area contributed by atoms with Crippen molar-refractivity contribution >= 4 is 0 Å². The molecule has 0 atom stereocenters. The summed E-state index contributed by atoms with van der Waals surface area (Å²) in [5.74, 6) is -0.837. The van der Waals surface area contributed by atoms with Gasteiger partial charge >= 0.3 is 0 Å². The lowest BCUT2D eigenvalue weighted by molar-refractivity contribution is 0.271. The molecule has 0 aliphatic rings. The zero-order valence-corrected chi connectivity index (χ0v) is 9.00. The van der Waals surface area contributed by atoms with Gasteiger partial charge in [0, 0.05) is 12.1 Å². The van der Waals surface area contributed by atoms with Gasteiger partial charge in [-0.25, -0.2) is 0 Å². The molecule has 4 nitrogen and oxygen atoms in total. The zero-order valence-electron chi connectivity index (χ0n) is 9.00. The van der Waals surface area contributed by atoms with Gasteiger partial charge in [-0.05, 0) is 5.56 Å². The van der Waals surface area contributed by atoms with Gasteiger partial charge in [-0.1, -0.05) is 30.3 Å². The van der Waals surface area contributed by atoms with E-state index in [1.54, 1.807) is 0 Å². The van der Waals surface area contributed by atoms with Crippen LogP contribution < -0.4 is 4.74 Å². The highest BCUT2D eigenvalue weighted by molar-refractivity contribution is 5.53. The van der Waals surface area contributed by atoms with E-state index in [4.69, 9.17) is 9.84 Å².